The van der Waals surface area contributed by atoms with Gasteiger partial charge in [0.1, 0.15) is 17.6 Å². The fourth-order valence-electron chi connectivity index (χ4n) is 1.76. The lowest BCUT2D eigenvalue weighted by molar-refractivity contribution is -0.145. The van der Waals surface area contributed by atoms with Crippen molar-refractivity contribution in [2.24, 2.45) is 0 Å². The van der Waals surface area contributed by atoms with Crippen LogP contribution in [0, 0.1) is 0 Å². The van der Waals surface area contributed by atoms with Crippen LogP contribution in [0.1, 0.15) is 18.1 Å². The Balaban J connectivity index is 2.23. The van der Waals surface area contributed by atoms with E-state index in [0.717, 1.165) is 11.3 Å². The molecular formula is C13H14O4. The molecule has 1 aliphatic heterocycles. The highest BCUT2D eigenvalue weighted by Gasteiger charge is 2.24. The van der Waals surface area contributed by atoms with Gasteiger partial charge in [0, 0.05) is 6.42 Å². The second-order valence-electron chi connectivity index (χ2n) is 3.72. The third kappa shape index (κ3) is 2.58. The summed E-state index contributed by atoms with van der Waals surface area (Å²) in [6, 6.07) is 7.48. The van der Waals surface area contributed by atoms with Gasteiger partial charge in [-0.2, -0.15) is 0 Å². The molecule has 1 aromatic rings. The lowest BCUT2D eigenvalue weighted by Crippen LogP contribution is -2.16. The summed E-state index contributed by atoms with van der Waals surface area (Å²) in [6.07, 6.45) is 1.61. The number of hydrogen-bond acceptors (Lipinski definition) is 4. The molecule has 1 heterocycles. The summed E-state index contributed by atoms with van der Waals surface area (Å²) in [5, 5.41) is 0. The molecule has 0 aromatic heterocycles. The molecule has 0 amide bonds. The third-order valence-corrected chi connectivity index (χ3v) is 2.65. The Morgan fingerprint density at radius 1 is 1.29 bits per heavy atom. The molecule has 1 aliphatic rings. The smallest absolute Gasteiger partial charge is 0.334 e. The average Bonchev–Trinajstić information content (AvgIpc) is 2.38. The van der Waals surface area contributed by atoms with Gasteiger partial charge in [-0.25, -0.2) is 4.79 Å². The normalized spacial score (nSPS) is 19.3. The van der Waals surface area contributed by atoms with E-state index in [-0.39, 0.29) is 12.1 Å². The second kappa shape index (κ2) is 4.91. The number of carbonyl (C=O) groups is 1. The first-order chi connectivity index (χ1) is 8.22. The Hall–Kier alpha value is -1.97. The largest absolute Gasteiger partial charge is 0.501 e. The first-order valence-corrected chi connectivity index (χ1v) is 5.32. The molecule has 4 heteroatoms. The van der Waals surface area contributed by atoms with Gasteiger partial charge in [0.05, 0.1) is 20.3 Å². The standard InChI is InChI=1S/C13H14O4/c1-15-10-5-3-4-9(6-10)12-7-11(16-2)8-13(14)17-12/h3-6,8,12H,7H2,1-2H3/t12-/m0/s1. The molecule has 17 heavy (non-hydrogen) atoms. The maximum Gasteiger partial charge on any atom is 0.334 e. The van der Waals surface area contributed by atoms with Crippen LogP contribution in [0.4, 0.5) is 0 Å². The van der Waals surface area contributed by atoms with Gasteiger partial charge in [-0.1, -0.05) is 12.1 Å². The van der Waals surface area contributed by atoms with Gasteiger partial charge in [-0.3, -0.25) is 0 Å². The number of ether oxygens (including phenoxy) is 3. The number of esters is 1. The number of methoxy groups -OCH3 is 2. The van der Waals surface area contributed by atoms with Gasteiger partial charge in [-0.15, -0.1) is 0 Å². The highest BCUT2D eigenvalue weighted by Crippen LogP contribution is 2.30. The fraction of sp³-hybridized carbons (Fsp3) is 0.308. The lowest BCUT2D eigenvalue weighted by atomic mass is 10.0. The molecule has 0 N–H and O–H groups in total. The van der Waals surface area contributed by atoms with Crippen LogP contribution in [0.15, 0.2) is 36.1 Å². The Morgan fingerprint density at radius 2 is 2.12 bits per heavy atom. The summed E-state index contributed by atoms with van der Waals surface area (Å²) >= 11 is 0. The molecule has 0 saturated carbocycles. The van der Waals surface area contributed by atoms with Crippen molar-refractivity contribution in [1.29, 1.82) is 0 Å². The van der Waals surface area contributed by atoms with Crippen molar-refractivity contribution in [3.05, 3.63) is 41.7 Å². The first kappa shape index (κ1) is 11.5. The summed E-state index contributed by atoms with van der Waals surface area (Å²) < 4.78 is 15.5. The summed E-state index contributed by atoms with van der Waals surface area (Å²) in [4.78, 5) is 11.4. The van der Waals surface area contributed by atoms with Gasteiger partial charge >= 0.3 is 5.97 Å². The zero-order valence-electron chi connectivity index (χ0n) is 9.80. The van der Waals surface area contributed by atoms with Crippen molar-refractivity contribution in [3.8, 4) is 5.75 Å². The molecule has 0 spiro atoms. The summed E-state index contributed by atoms with van der Waals surface area (Å²) in [7, 11) is 3.15. The van der Waals surface area contributed by atoms with E-state index in [0.29, 0.717) is 12.2 Å². The van der Waals surface area contributed by atoms with Crippen LogP contribution < -0.4 is 4.74 Å². The zero-order chi connectivity index (χ0) is 12.3. The topological polar surface area (TPSA) is 44.8 Å². The highest BCUT2D eigenvalue weighted by atomic mass is 16.5. The number of carbonyl (C=O) groups excluding carboxylic acids is 1. The monoisotopic (exact) mass is 234 g/mol. The van der Waals surface area contributed by atoms with E-state index < -0.39 is 0 Å². The molecule has 0 aliphatic carbocycles. The number of cyclic esters (lactones) is 1. The zero-order valence-corrected chi connectivity index (χ0v) is 9.80. The molecule has 0 radical (unpaired) electrons. The Morgan fingerprint density at radius 3 is 2.82 bits per heavy atom. The van der Waals surface area contributed by atoms with Crippen LogP contribution in [0.2, 0.25) is 0 Å². The molecule has 2 rings (SSSR count). The summed E-state index contributed by atoms with van der Waals surface area (Å²) in [5.41, 5.74) is 0.903. The SMILES string of the molecule is COC1=CC(=O)O[C@H](c2cccc(OC)c2)C1. The number of benzene rings is 1. The molecule has 1 aromatic carbocycles. The lowest BCUT2D eigenvalue weighted by Gasteiger charge is -2.22. The first-order valence-electron chi connectivity index (χ1n) is 5.32. The molecule has 0 unspecified atom stereocenters. The van der Waals surface area contributed by atoms with E-state index in [1.807, 2.05) is 24.3 Å². The minimum absolute atomic E-state index is 0.308. The van der Waals surface area contributed by atoms with Gasteiger partial charge in [0.25, 0.3) is 0 Å². The van der Waals surface area contributed by atoms with Crippen molar-refractivity contribution >= 4 is 5.97 Å². The van der Waals surface area contributed by atoms with Gasteiger partial charge in [0.2, 0.25) is 0 Å². The van der Waals surface area contributed by atoms with Crippen molar-refractivity contribution in [2.75, 3.05) is 14.2 Å². The van der Waals surface area contributed by atoms with Gasteiger partial charge in [-0.05, 0) is 17.7 Å². The molecule has 4 nitrogen and oxygen atoms in total. The average molecular weight is 234 g/mol. The Labute approximate surface area is 99.8 Å². The molecule has 0 bridgehead atoms. The summed E-state index contributed by atoms with van der Waals surface area (Å²) in [5.74, 6) is 1.00. The van der Waals surface area contributed by atoms with E-state index >= 15 is 0 Å². The van der Waals surface area contributed by atoms with E-state index in [4.69, 9.17) is 14.2 Å². The van der Waals surface area contributed by atoms with Crippen molar-refractivity contribution in [2.45, 2.75) is 12.5 Å². The van der Waals surface area contributed by atoms with Gasteiger partial charge < -0.3 is 14.2 Å². The minimum Gasteiger partial charge on any atom is -0.501 e. The molecular weight excluding hydrogens is 220 g/mol. The third-order valence-electron chi connectivity index (χ3n) is 2.65. The van der Waals surface area contributed by atoms with Crippen molar-refractivity contribution in [3.63, 3.8) is 0 Å². The Kier molecular flexibility index (Phi) is 3.32. The predicted octanol–water partition coefficient (Wildman–Crippen LogP) is 2.21. The van der Waals surface area contributed by atoms with Crippen molar-refractivity contribution in [1.82, 2.24) is 0 Å². The molecule has 0 fully saturated rings. The maximum absolute atomic E-state index is 11.4. The molecule has 1 atom stereocenters. The van der Waals surface area contributed by atoms with Crippen molar-refractivity contribution < 1.29 is 19.0 Å². The maximum atomic E-state index is 11.4. The van der Waals surface area contributed by atoms with E-state index in [1.54, 1.807) is 14.2 Å². The van der Waals surface area contributed by atoms with Crippen LogP contribution in [-0.2, 0) is 14.3 Å². The van der Waals surface area contributed by atoms with Crippen LogP contribution in [-0.4, -0.2) is 20.2 Å². The molecule has 90 valence electrons. The van der Waals surface area contributed by atoms with Crippen LogP contribution in [0.3, 0.4) is 0 Å². The quantitative estimate of drug-likeness (QED) is 0.752. The fourth-order valence-corrected chi connectivity index (χ4v) is 1.76. The molecule has 0 saturated heterocycles. The van der Waals surface area contributed by atoms with Crippen LogP contribution >= 0.6 is 0 Å². The Bertz CT molecular complexity index is 450. The van der Waals surface area contributed by atoms with E-state index in [1.165, 1.54) is 6.08 Å². The summed E-state index contributed by atoms with van der Waals surface area (Å²) in [6.45, 7) is 0. The minimum atomic E-state index is -0.374. The predicted molar refractivity (Wildman–Crippen MR) is 61.5 cm³/mol. The van der Waals surface area contributed by atoms with E-state index in [9.17, 15) is 4.79 Å². The second-order valence-corrected chi connectivity index (χ2v) is 3.72. The van der Waals surface area contributed by atoms with Gasteiger partial charge in [0.15, 0.2) is 0 Å². The number of hydrogen-bond donors (Lipinski definition) is 0. The van der Waals surface area contributed by atoms with Crippen LogP contribution in [0.5, 0.6) is 5.75 Å². The van der Waals surface area contributed by atoms with Crippen LogP contribution in [0.25, 0.3) is 0 Å². The van der Waals surface area contributed by atoms with E-state index in [2.05, 4.69) is 0 Å². The number of rotatable bonds is 3. The highest BCUT2D eigenvalue weighted by molar-refractivity contribution is 5.83.